The van der Waals surface area contributed by atoms with E-state index in [0.29, 0.717) is 17.5 Å². The fraction of sp³-hybridized carbons (Fsp3) is 0.188. The Bertz CT molecular complexity index is 725. The Balaban J connectivity index is 1.84. The highest BCUT2D eigenvalue weighted by Crippen LogP contribution is 2.38. The number of amides is 2. The average molecular weight is 337 g/mol. The zero-order valence-corrected chi connectivity index (χ0v) is 13.4. The summed E-state index contributed by atoms with van der Waals surface area (Å²) in [5, 5.41) is 3.06. The first-order valence-electron chi connectivity index (χ1n) is 6.84. The Morgan fingerprint density at radius 1 is 1.36 bits per heavy atom. The molecule has 3 rings (SSSR count). The Kier molecular flexibility index (Phi) is 4.27. The highest BCUT2D eigenvalue weighted by molar-refractivity contribution is 8.00. The van der Waals surface area contributed by atoms with Gasteiger partial charge in [-0.3, -0.25) is 4.90 Å². The number of rotatable bonds is 1. The number of carbonyl (C=O) groups excluding carboxylic acids is 1. The van der Waals surface area contributed by atoms with Crippen LogP contribution < -0.4 is 10.2 Å². The van der Waals surface area contributed by atoms with Gasteiger partial charge >= 0.3 is 6.03 Å². The summed E-state index contributed by atoms with van der Waals surface area (Å²) in [6, 6.07) is 11.7. The van der Waals surface area contributed by atoms with Crippen molar-refractivity contribution in [1.82, 2.24) is 0 Å². The number of urea groups is 1. The minimum Gasteiger partial charge on any atom is -0.307 e. The molecule has 1 atom stereocenters. The summed E-state index contributed by atoms with van der Waals surface area (Å²) in [5.74, 6) is -0.506. The van der Waals surface area contributed by atoms with Crippen LogP contribution >= 0.6 is 23.4 Å². The van der Waals surface area contributed by atoms with Crippen LogP contribution in [0.1, 0.15) is 6.92 Å². The molecule has 3 nitrogen and oxygen atoms in total. The van der Waals surface area contributed by atoms with Gasteiger partial charge in [0.1, 0.15) is 5.82 Å². The van der Waals surface area contributed by atoms with Crippen LogP contribution in [0, 0.1) is 5.82 Å². The Labute approximate surface area is 137 Å². The lowest BCUT2D eigenvalue weighted by Crippen LogP contribution is -2.41. The van der Waals surface area contributed by atoms with Crippen LogP contribution in [0.25, 0.3) is 0 Å². The molecule has 2 aromatic carbocycles. The van der Waals surface area contributed by atoms with Crippen LogP contribution in [-0.4, -0.2) is 17.8 Å². The molecule has 0 saturated heterocycles. The molecule has 1 N–H and O–H groups in total. The zero-order valence-electron chi connectivity index (χ0n) is 11.8. The minimum absolute atomic E-state index is 0.0132. The highest BCUT2D eigenvalue weighted by atomic mass is 35.5. The van der Waals surface area contributed by atoms with Gasteiger partial charge in [0.15, 0.2) is 0 Å². The molecule has 22 heavy (non-hydrogen) atoms. The van der Waals surface area contributed by atoms with Gasteiger partial charge in [-0.1, -0.05) is 30.7 Å². The van der Waals surface area contributed by atoms with Crippen LogP contribution in [0.3, 0.4) is 0 Å². The van der Waals surface area contributed by atoms with E-state index in [1.807, 2.05) is 24.3 Å². The molecule has 2 aromatic rings. The summed E-state index contributed by atoms with van der Waals surface area (Å²) in [6.45, 7) is 2.69. The van der Waals surface area contributed by atoms with E-state index in [2.05, 4.69) is 12.2 Å². The van der Waals surface area contributed by atoms with Crippen molar-refractivity contribution in [2.24, 2.45) is 0 Å². The van der Waals surface area contributed by atoms with Gasteiger partial charge in [0, 0.05) is 22.4 Å². The average Bonchev–Trinajstić information content (AvgIpc) is 2.50. The molecule has 1 aliphatic rings. The van der Waals surface area contributed by atoms with Crippen LogP contribution in [0.4, 0.5) is 20.6 Å². The molecule has 0 bridgehead atoms. The van der Waals surface area contributed by atoms with Crippen molar-refractivity contribution in [2.75, 3.05) is 16.8 Å². The van der Waals surface area contributed by atoms with E-state index in [-0.39, 0.29) is 11.1 Å². The van der Waals surface area contributed by atoms with E-state index in [9.17, 15) is 9.18 Å². The number of benzene rings is 2. The smallest absolute Gasteiger partial charge is 0.307 e. The second-order valence-electron chi connectivity index (χ2n) is 5.07. The number of nitrogens with one attached hydrogen (secondary N) is 1. The van der Waals surface area contributed by atoms with E-state index in [4.69, 9.17) is 11.6 Å². The molecule has 0 aromatic heterocycles. The van der Waals surface area contributed by atoms with E-state index < -0.39 is 5.82 Å². The van der Waals surface area contributed by atoms with E-state index >= 15 is 0 Å². The number of fused-ring (bicyclic) bond motifs is 1. The number of halogens is 2. The summed E-state index contributed by atoms with van der Waals surface area (Å²) in [4.78, 5) is 15.3. The third-order valence-corrected chi connectivity index (χ3v) is 4.78. The molecule has 114 valence electrons. The normalized spacial score (nSPS) is 17.0. The maximum absolute atomic E-state index is 13.2. The van der Waals surface area contributed by atoms with Crippen LogP contribution in [0.5, 0.6) is 0 Å². The minimum atomic E-state index is -0.506. The molecular formula is C16H14ClFN2OS. The summed E-state index contributed by atoms with van der Waals surface area (Å²) in [6.07, 6.45) is 0. The van der Waals surface area contributed by atoms with E-state index in [1.54, 1.807) is 16.7 Å². The van der Waals surface area contributed by atoms with Crippen molar-refractivity contribution in [1.29, 1.82) is 0 Å². The monoisotopic (exact) mass is 336 g/mol. The lowest BCUT2D eigenvalue weighted by atomic mass is 10.2. The molecule has 0 fully saturated rings. The van der Waals surface area contributed by atoms with Gasteiger partial charge in [0.05, 0.1) is 10.7 Å². The van der Waals surface area contributed by atoms with E-state index in [0.717, 1.165) is 10.6 Å². The molecule has 0 unspecified atom stereocenters. The largest absolute Gasteiger partial charge is 0.326 e. The maximum atomic E-state index is 13.2. The van der Waals surface area contributed by atoms with Gasteiger partial charge in [0.2, 0.25) is 0 Å². The van der Waals surface area contributed by atoms with Gasteiger partial charge in [0.25, 0.3) is 0 Å². The molecular weight excluding hydrogens is 323 g/mol. The second-order valence-corrected chi connectivity index (χ2v) is 6.95. The van der Waals surface area contributed by atoms with Crippen LogP contribution in [0.15, 0.2) is 47.4 Å². The molecule has 0 radical (unpaired) electrons. The third kappa shape index (κ3) is 3.05. The number of anilines is 2. The van der Waals surface area contributed by atoms with Crippen LogP contribution in [-0.2, 0) is 0 Å². The van der Waals surface area contributed by atoms with Crippen molar-refractivity contribution in [2.45, 2.75) is 17.1 Å². The number of hydrogen-bond donors (Lipinski definition) is 1. The van der Waals surface area contributed by atoms with Crippen LogP contribution in [0.2, 0.25) is 5.02 Å². The van der Waals surface area contributed by atoms with Gasteiger partial charge in [-0.2, -0.15) is 0 Å². The van der Waals surface area contributed by atoms with Crippen molar-refractivity contribution < 1.29 is 9.18 Å². The summed E-state index contributed by atoms with van der Waals surface area (Å²) >= 11 is 7.50. The third-order valence-electron chi connectivity index (χ3n) is 3.34. The fourth-order valence-corrected chi connectivity index (χ4v) is 3.64. The molecule has 6 heteroatoms. The number of hydrogen-bond acceptors (Lipinski definition) is 2. The maximum Gasteiger partial charge on any atom is 0.326 e. The predicted molar refractivity (Wildman–Crippen MR) is 89.5 cm³/mol. The Hall–Kier alpha value is -1.72. The first-order chi connectivity index (χ1) is 10.5. The Morgan fingerprint density at radius 2 is 2.14 bits per heavy atom. The highest BCUT2D eigenvalue weighted by Gasteiger charge is 2.26. The predicted octanol–water partition coefficient (Wildman–Crippen LogP) is 5.01. The van der Waals surface area contributed by atoms with Crippen molar-refractivity contribution >= 4 is 40.8 Å². The summed E-state index contributed by atoms with van der Waals surface area (Å²) < 4.78 is 13.2. The van der Waals surface area contributed by atoms with Gasteiger partial charge < -0.3 is 5.32 Å². The van der Waals surface area contributed by atoms with Crippen molar-refractivity contribution in [3.63, 3.8) is 0 Å². The molecule has 0 saturated carbocycles. The quantitative estimate of drug-likeness (QED) is 0.793. The lowest BCUT2D eigenvalue weighted by molar-refractivity contribution is 0.256. The molecule has 0 aliphatic carbocycles. The van der Waals surface area contributed by atoms with Gasteiger partial charge in [-0.05, 0) is 30.3 Å². The topological polar surface area (TPSA) is 32.3 Å². The molecule has 0 spiro atoms. The molecule has 1 heterocycles. The lowest BCUT2D eigenvalue weighted by Gasteiger charge is -2.32. The first kappa shape index (κ1) is 15.2. The first-order valence-corrected chi connectivity index (χ1v) is 8.09. The fourth-order valence-electron chi connectivity index (χ4n) is 2.35. The number of thioether (sulfide) groups is 1. The molecule has 2 amide bonds. The number of carbonyl (C=O) groups is 1. The zero-order chi connectivity index (χ0) is 15.7. The second kappa shape index (κ2) is 6.18. The Morgan fingerprint density at radius 3 is 2.91 bits per heavy atom. The SMILES string of the molecule is C[C@H]1CN(C(=O)Nc2ccc(F)c(Cl)c2)c2ccccc2S1. The standard InChI is InChI=1S/C16H14ClFN2OS/c1-10-9-20(14-4-2-3-5-15(14)22-10)16(21)19-11-6-7-13(18)12(17)8-11/h2-8,10H,9H2,1H3,(H,19,21)/t10-/m0/s1. The van der Waals surface area contributed by atoms with Crippen molar-refractivity contribution in [3.8, 4) is 0 Å². The molecule has 1 aliphatic heterocycles. The summed E-state index contributed by atoms with van der Waals surface area (Å²) in [7, 11) is 0. The number of para-hydroxylation sites is 1. The summed E-state index contributed by atoms with van der Waals surface area (Å²) in [5.41, 5.74) is 1.36. The van der Waals surface area contributed by atoms with Crippen molar-refractivity contribution in [3.05, 3.63) is 53.3 Å². The number of nitrogens with zero attached hydrogens (tertiary/aromatic N) is 1. The van der Waals surface area contributed by atoms with Gasteiger partial charge in [-0.25, -0.2) is 9.18 Å². The van der Waals surface area contributed by atoms with Gasteiger partial charge in [-0.15, -0.1) is 11.8 Å². The van der Waals surface area contributed by atoms with E-state index in [1.165, 1.54) is 18.2 Å².